The molecule has 0 atom stereocenters. The predicted molar refractivity (Wildman–Crippen MR) is 119 cm³/mol. The van der Waals surface area contributed by atoms with Crippen LogP contribution in [0.25, 0.3) is 0 Å². The zero-order valence-electron chi connectivity index (χ0n) is 15.9. The lowest BCUT2D eigenvalue weighted by atomic mass is 10.1. The molecular formula is C21H19ClN4O3S. The number of halogens is 1. The largest absolute Gasteiger partial charge is 0.378 e. The van der Waals surface area contributed by atoms with Crippen LogP contribution in [0.1, 0.15) is 20.0 Å². The first-order chi connectivity index (χ1) is 14.6. The van der Waals surface area contributed by atoms with E-state index in [1.807, 2.05) is 11.4 Å². The van der Waals surface area contributed by atoms with Gasteiger partial charge in [-0.25, -0.2) is 4.98 Å². The van der Waals surface area contributed by atoms with Gasteiger partial charge in [-0.3, -0.25) is 9.59 Å². The minimum atomic E-state index is -0.319. The smallest absolute Gasteiger partial charge is 0.265 e. The van der Waals surface area contributed by atoms with E-state index in [1.54, 1.807) is 42.6 Å². The minimum Gasteiger partial charge on any atom is -0.378 e. The fourth-order valence-corrected chi connectivity index (χ4v) is 3.85. The van der Waals surface area contributed by atoms with E-state index in [0.717, 1.165) is 0 Å². The molecule has 1 aromatic carbocycles. The highest BCUT2D eigenvalue weighted by atomic mass is 35.5. The number of pyridine rings is 1. The van der Waals surface area contributed by atoms with Gasteiger partial charge < -0.3 is 20.3 Å². The highest BCUT2D eigenvalue weighted by Crippen LogP contribution is 2.27. The molecule has 0 aliphatic carbocycles. The Labute approximate surface area is 182 Å². The Morgan fingerprint density at radius 2 is 1.83 bits per heavy atom. The Kier molecular flexibility index (Phi) is 6.27. The third kappa shape index (κ3) is 4.62. The van der Waals surface area contributed by atoms with Crippen LogP contribution in [0, 0.1) is 0 Å². The van der Waals surface area contributed by atoms with E-state index in [0.29, 0.717) is 59.0 Å². The molecule has 30 heavy (non-hydrogen) atoms. The van der Waals surface area contributed by atoms with Gasteiger partial charge >= 0.3 is 0 Å². The topological polar surface area (TPSA) is 83.6 Å². The number of amides is 2. The number of hydrogen-bond acceptors (Lipinski definition) is 6. The Hall–Kier alpha value is -2.94. The molecule has 3 aromatic rings. The number of thiophene rings is 1. The highest BCUT2D eigenvalue weighted by molar-refractivity contribution is 7.12. The van der Waals surface area contributed by atoms with Crippen LogP contribution in [-0.4, -0.2) is 43.1 Å². The summed E-state index contributed by atoms with van der Waals surface area (Å²) < 4.78 is 5.39. The van der Waals surface area contributed by atoms with Gasteiger partial charge in [-0.15, -0.1) is 11.3 Å². The van der Waals surface area contributed by atoms with Gasteiger partial charge in [0.1, 0.15) is 0 Å². The second-order valence-corrected chi connectivity index (χ2v) is 7.91. The van der Waals surface area contributed by atoms with Crippen LogP contribution in [0.3, 0.4) is 0 Å². The number of morpholine rings is 1. The van der Waals surface area contributed by atoms with Crippen molar-refractivity contribution in [3.8, 4) is 0 Å². The fraction of sp³-hybridized carbons (Fsp3) is 0.190. The van der Waals surface area contributed by atoms with E-state index in [1.165, 1.54) is 11.3 Å². The molecule has 0 unspecified atom stereocenters. The van der Waals surface area contributed by atoms with Crippen molar-refractivity contribution in [3.05, 3.63) is 69.5 Å². The average molecular weight is 443 g/mol. The van der Waals surface area contributed by atoms with Gasteiger partial charge in [0.15, 0.2) is 5.82 Å². The number of rotatable bonds is 5. The zero-order chi connectivity index (χ0) is 20.9. The van der Waals surface area contributed by atoms with Crippen molar-refractivity contribution in [3.63, 3.8) is 0 Å². The summed E-state index contributed by atoms with van der Waals surface area (Å²) in [5.41, 5.74) is 1.36. The Balaban J connectivity index is 1.52. The summed E-state index contributed by atoms with van der Waals surface area (Å²) in [5.74, 6) is 0.112. The second-order valence-electron chi connectivity index (χ2n) is 6.55. The summed E-state index contributed by atoms with van der Waals surface area (Å²) in [6, 6.07) is 11.9. The first kappa shape index (κ1) is 20.3. The SMILES string of the molecule is O=C(Nc1cccnc1N1CCOCC1)c1ccc(Cl)c(NC(=O)c2cccs2)c1. The van der Waals surface area contributed by atoms with Gasteiger partial charge in [0.25, 0.3) is 11.8 Å². The molecule has 0 radical (unpaired) electrons. The van der Waals surface area contributed by atoms with E-state index in [2.05, 4.69) is 20.5 Å². The van der Waals surface area contributed by atoms with E-state index >= 15 is 0 Å². The van der Waals surface area contributed by atoms with Gasteiger partial charge in [0, 0.05) is 24.8 Å². The van der Waals surface area contributed by atoms with E-state index < -0.39 is 0 Å². The first-order valence-corrected chi connectivity index (χ1v) is 10.6. The van der Waals surface area contributed by atoms with Crippen LogP contribution < -0.4 is 15.5 Å². The molecule has 0 saturated carbocycles. The van der Waals surface area contributed by atoms with Crippen LogP contribution in [0.4, 0.5) is 17.2 Å². The molecule has 2 amide bonds. The summed E-state index contributed by atoms with van der Waals surface area (Å²) in [5, 5.41) is 7.85. The number of benzene rings is 1. The standard InChI is InChI=1S/C21H19ClN4O3S/c22-15-6-5-14(13-17(15)25-21(28)18-4-2-12-30-18)20(27)24-16-3-1-7-23-19(16)26-8-10-29-11-9-26/h1-7,12-13H,8-11H2,(H,24,27)(H,25,28). The number of carbonyl (C=O) groups is 2. The molecule has 1 fully saturated rings. The monoisotopic (exact) mass is 442 g/mol. The van der Waals surface area contributed by atoms with Crippen LogP contribution in [0.2, 0.25) is 5.02 Å². The lowest BCUT2D eigenvalue weighted by molar-refractivity contribution is 0.101. The lowest BCUT2D eigenvalue weighted by Gasteiger charge is -2.29. The number of carbonyl (C=O) groups excluding carboxylic acids is 2. The third-order valence-electron chi connectivity index (χ3n) is 4.57. The molecular weight excluding hydrogens is 424 g/mol. The Morgan fingerprint density at radius 3 is 2.60 bits per heavy atom. The van der Waals surface area contributed by atoms with E-state index in [-0.39, 0.29) is 11.8 Å². The summed E-state index contributed by atoms with van der Waals surface area (Å²) in [6.45, 7) is 2.66. The number of nitrogens with zero attached hydrogens (tertiary/aromatic N) is 2. The van der Waals surface area contributed by atoms with Crippen LogP contribution in [0.15, 0.2) is 54.0 Å². The fourth-order valence-electron chi connectivity index (χ4n) is 3.07. The van der Waals surface area contributed by atoms with Gasteiger partial charge in [0.2, 0.25) is 0 Å². The molecule has 1 aliphatic rings. The number of aromatic nitrogens is 1. The quantitative estimate of drug-likeness (QED) is 0.620. The lowest BCUT2D eigenvalue weighted by Crippen LogP contribution is -2.37. The molecule has 7 nitrogen and oxygen atoms in total. The van der Waals surface area contributed by atoms with E-state index in [9.17, 15) is 9.59 Å². The summed E-state index contributed by atoms with van der Waals surface area (Å²) >= 11 is 7.55. The van der Waals surface area contributed by atoms with Crippen LogP contribution >= 0.6 is 22.9 Å². The maximum absolute atomic E-state index is 12.9. The molecule has 0 spiro atoms. The van der Waals surface area contributed by atoms with Gasteiger partial charge in [0.05, 0.1) is 34.5 Å². The normalized spacial score (nSPS) is 13.7. The maximum Gasteiger partial charge on any atom is 0.265 e. The van der Waals surface area contributed by atoms with Crippen molar-refractivity contribution in [2.24, 2.45) is 0 Å². The molecule has 4 rings (SSSR count). The maximum atomic E-state index is 12.9. The molecule has 2 N–H and O–H groups in total. The number of nitrogens with one attached hydrogen (secondary N) is 2. The van der Waals surface area contributed by atoms with Crippen molar-refractivity contribution < 1.29 is 14.3 Å². The third-order valence-corrected chi connectivity index (χ3v) is 5.77. The summed E-state index contributed by atoms with van der Waals surface area (Å²) in [4.78, 5) is 32.3. The first-order valence-electron chi connectivity index (χ1n) is 9.35. The second kappa shape index (κ2) is 9.25. The van der Waals surface area contributed by atoms with Crippen molar-refractivity contribution >= 4 is 51.9 Å². The van der Waals surface area contributed by atoms with Gasteiger partial charge in [-0.2, -0.15) is 0 Å². The average Bonchev–Trinajstić information content (AvgIpc) is 3.31. The molecule has 9 heteroatoms. The highest BCUT2D eigenvalue weighted by Gasteiger charge is 2.18. The van der Waals surface area contributed by atoms with E-state index in [4.69, 9.17) is 16.3 Å². The summed E-state index contributed by atoms with van der Waals surface area (Å²) in [7, 11) is 0. The van der Waals surface area contributed by atoms with Gasteiger partial charge in [-0.1, -0.05) is 17.7 Å². The minimum absolute atomic E-state index is 0.272. The molecule has 3 heterocycles. The zero-order valence-corrected chi connectivity index (χ0v) is 17.5. The molecule has 1 aliphatic heterocycles. The number of ether oxygens (including phenoxy) is 1. The van der Waals surface area contributed by atoms with Gasteiger partial charge in [-0.05, 0) is 41.8 Å². The Morgan fingerprint density at radius 1 is 1.03 bits per heavy atom. The van der Waals surface area contributed by atoms with Crippen LogP contribution in [-0.2, 0) is 4.74 Å². The predicted octanol–water partition coefficient (Wildman–Crippen LogP) is 4.14. The van der Waals surface area contributed by atoms with Crippen molar-refractivity contribution in [1.29, 1.82) is 0 Å². The molecule has 2 aromatic heterocycles. The Bertz CT molecular complexity index is 1050. The molecule has 0 bridgehead atoms. The number of anilines is 3. The number of hydrogen-bond donors (Lipinski definition) is 2. The van der Waals surface area contributed by atoms with Crippen molar-refractivity contribution in [1.82, 2.24) is 4.98 Å². The molecule has 154 valence electrons. The van der Waals surface area contributed by atoms with Crippen LogP contribution in [0.5, 0.6) is 0 Å². The van der Waals surface area contributed by atoms with Crippen molar-refractivity contribution in [2.45, 2.75) is 0 Å². The van der Waals surface area contributed by atoms with Crippen molar-refractivity contribution in [2.75, 3.05) is 41.8 Å². The molecule has 1 saturated heterocycles. The summed E-state index contributed by atoms with van der Waals surface area (Å²) in [6.07, 6.45) is 1.70.